The zero-order valence-corrected chi connectivity index (χ0v) is 11.4. The highest BCUT2D eigenvalue weighted by molar-refractivity contribution is 5.47. The minimum absolute atomic E-state index is 0.0855. The van der Waals surface area contributed by atoms with Crippen LogP contribution in [0.1, 0.15) is 29.3 Å². The van der Waals surface area contributed by atoms with Crippen LogP contribution >= 0.6 is 0 Å². The van der Waals surface area contributed by atoms with Crippen LogP contribution in [-0.4, -0.2) is 23.1 Å². The molecule has 2 rings (SSSR count). The molecule has 1 aliphatic carbocycles. The summed E-state index contributed by atoms with van der Waals surface area (Å²) in [6.45, 7) is 2.55. The Morgan fingerprint density at radius 3 is 2.68 bits per heavy atom. The van der Waals surface area contributed by atoms with Crippen molar-refractivity contribution in [2.24, 2.45) is 5.92 Å². The molecule has 0 fully saturated rings. The smallest absolute Gasteiger partial charge is 0.433 e. The summed E-state index contributed by atoms with van der Waals surface area (Å²) in [6.07, 6.45) is -6.23. The molecule has 0 spiro atoms. The summed E-state index contributed by atoms with van der Waals surface area (Å²) in [5.74, 6) is -0.652. The Balaban J connectivity index is 2.45. The second-order valence-electron chi connectivity index (χ2n) is 5.00. The van der Waals surface area contributed by atoms with Crippen LogP contribution in [0.4, 0.5) is 22.0 Å². The number of rotatable bonds is 5. The van der Waals surface area contributed by atoms with Crippen molar-refractivity contribution in [1.82, 2.24) is 4.98 Å². The van der Waals surface area contributed by atoms with Crippen molar-refractivity contribution in [2.45, 2.75) is 31.5 Å². The van der Waals surface area contributed by atoms with Gasteiger partial charge in [0.05, 0.1) is 12.3 Å². The highest BCUT2D eigenvalue weighted by Gasteiger charge is 2.44. The number of aliphatic hydroxyl groups excluding tert-OH is 1. The van der Waals surface area contributed by atoms with Crippen LogP contribution in [0.5, 0.6) is 5.75 Å². The molecule has 1 N–H and O–H groups in total. The Morgan fingerprint density at radius 2 is 2.14 bits per heavy atom. The van der Waals surface area contributed by atoms with Crippen LogP contribution in [0.25, 0.3) is 0 Å². The Labute approximate surface area is 123 Å². The van der Waals surface area contributed by atoms with Gasteiger partial charge in [-0.2, -0.15) is 13.2 Å². The van der Waals surface area contributed by atoms with Gasteiger partial charge in [-0.15, -0.1) is 6.58 Å². The zero-order chi connectivity index (χ0) is 16.5. The van der Waals surface area contributed by atoms with E-state index in [1.165, 1.54) is 6.08 Å². The number of allylic oxidation sites excluding steroid dienone is 1. The molecule has 0 radical (unpaired) electrons. The first-order valence-corrected chi connectivity index (χ1v) is 6.54. The summed E-state index contributed by atoms with van der Waals surface area (Å²) in [5.41, 5.74) is -1.50. The van der Waals surface area contributed by atoms with Crippen LogP contribution in [-0.2, 0) is 12.6 Å². The first kappa shape index (κ1) is 16.7. The van der Waals surface area contributed by atoms with Gasteiger partial charge in [-0.3, -0.25) is 0 Å². The lowest BCUT2D eigenvalue weighted by atomic mass is 9.99. The second kappa shape index (κ2) is 6.20. The topological polar surface area (TPSA) is 42.4 Å². The Bertz CT molecular complexity index is 559. The molecule has 0 bridgehead atoms. The van der Waals surface area contributed by atoms with Crippen molar-refractivity contribution in [2.75, 3.05) is 6.61 Å². The van der Waals surface area contributed by atoms with Crippen LogP contribution in [0, 0.1) is 5.92 Å². The molecule has 0 unspecified atom stereocenters. The number of aliphatic hydroxyl groups is 1. The van der Waals surface area contributed by atoms with Crippen molar-refractivity contribution in [3.8, 4) is 5.75 Å². The SMILES string of the molecule is C=CC[C@@H]1Cc2c(OCC(F)F)cnc(C(F)(F)F)c2[C@@H]1O. The van der Waals surface area contributed by atoms with E-state index in [0.29, 0.717) is 6.42 Å². The maximum Gasteiger partial charge on any atom is 0.433 e. The van der Waals surface area contributed by atoms with Crippen molar-refractivity contribution in [3.63, 3.8) is 0 Å². The van der Waals surface area contributed by atoms with Gasteiger partial charge in [-0.25, -0.2) is 13.8 Å². The van der Waals surface area contributed by atoms with Crippen molar-refractivity contribution < 1.29 is 31.8 Å². The lowest BCUT2D eigenvalue weighted by molar-refractivity contribution is -0.143. The molecule has 0 amide bonds. The first-order valence-electron chi connectivity index (χ1n) is 6.54. The average Bonchev–Trinajstić information content (AvgIpc) is 2.73. The summed E-state index contributed by atoms with van der Waals surface area (Å²) in [5, 5.41) is 10.1. The highest BCUT2D eigenvalue weighted by atomic mass is 19.4. The molecule has 1 aromatic rings. The van der Waals surface area contributed by atoms with Gasteiger partial charge in [0, 0.05) is 11.1 Å². The van der Waals surface area contributed by atoms with Crippen LogP contribution in [0.2, 0.25) is 0 Å². The fourth-order valence-electron chi connectivity index (χ4n) is 2.61. The maximum absolute atomic E-state index is 13.0. The Hall–Kier alpha value is -1.70. The molecule has 1 heterocycles. The number of alkyl halides is 5. The van der Waals surface area contributed by atoms with E-state index in [1.54, 1.807) is 0 Å². The Morgan fingerprint density at radius 1 is 1.45 bits per heavy atom. The largest absolute Gasteiger partial charge is 0.486 e. The lowest BCUT2D eigenvalue weighted by Crippen LogP contribution is -2.16. The lowest BCUT2D eigenvalue weighted by Gasteiger charge is -2.17. The molecule has 0 aromatic carbocycles. The number of fused-ring (bicyclic) bond motifs is 1. The number of ether oxygens (including phenoxy) is 1. The number of hydrogen-bond acceptors (Lipinski definition) is 3. The van der Waals surface area contributed by atoms with Crippen molar-refractivity contribution >= 4 is 0 Å². The van der Waals surface area contributed by atoms with E-state index in [1.807, 2.05) is 0 Å². The second-order valence-corrected chi connectivity index (χ2v) is 5.00. The summed E-state index contributed by atoms with van der Waals surface area (Å²) in [6, 6.07) is 0. The molecule has 2 atom stereocenters. The van der Waals surface area contributed by atoms with Crippen LogP contribution in [0.3, 0.4) is 0 Å². The predicted octanol–water partition coefficient (Wildman–Crippen LogP) is 3.53. The van der Waals surface area contributed by atoms with E-state index in [2.05, 4.69) is 11.6 Å². The van der Waals surface area contributed by atoms with Gasteiger partial charge < -0.3 is 9.84 Å². The third-order valence-corrected chi connectivity index (χ3v) is 3.50. The maximum atomic E-state index is 13.0. The normalized spacial score (nSPS) is 21.0. The van der Waals surface area contributed by atoms with Crippen molar-refractivity contribution in [3.05, 3.63) is 35.7 Å². The number of hydrogen-bond donors (Lipinski definition) is 1. The van der Waals surface area contributed by atoms with E-state index in [9.17, 15) is 27.1 Å². The third kappa shape index (κ3) is 3.21. The molecule has 0 aliphatic heterocycles. The average molecular weight is 323 g/mol. The van der Waals surface area contributed by atoms with Crippen molar-refractivity contribution in [1.29, 1.82) is 0 Å². The molecular weight excluding hydrogens is 309 g/mol. The summed E-state index contributed by atoms with van der Waals surface area (Å²) in [4.78, 5) is 3.26. The van der Waals surface area contributed by atoms with Gasteiger partial charge in [-0.05, 0) is 18.8 Å². The van der Waals surface area contributed by atoms with Crippen LogP contribution in [0.15, 0.2) is 18.9 Å². The molecular formula is C14H14F5NO2. The van der Waals surface area contributed by atoms with Gasteiger partial charge >= 0.3 is 6.18 Å². The predicted molar refractivity (Wildman–Crippen MR) is 67.7 cm³/mol. The van der Waals surface area contributed by atoms with Crippen LogP contribution < -0.4 is 4.74 Å². The molecule has 3 nitrogen and oxygen atoms in total. The van der Waals surface area contributed by atoms with Gasteiger partial charge in [0.2, 0.25) is 0 Å². The van der Waals surface area contributed by atoms with E-state index in [0.717, 1.165) is 6.20 Å². The molecule has 0 saturated carbocycles. The fourth-order valence-corrected chi connectivity index (χ4v) is 2.61. The molecule has 0 saturated heterocycles. The molecule has 1 aliphatic rings. The van der Waals surface area contributed by atoms with E-state index in [-0.39, 0.29) is 23.3 Å². The van der Waals surface area contributed by atoms with Gasteiger partial charge in [0.25, 0.3) is 6.43 Å². The minimum atomic E-state index is -4.74. The third-order valence-electron chi connectivity index (χ3n) is 3.50. The fraction of sp³-hybridized carbons (Fsp3) is 0.500. The highest BCUT2D eigenvalue weighted by Crippen LogP contribution is 2.47. The standard InChI is InChI=1S/C14H14F5NO2/c1-2-3-7-4-8-9(22-6-10(15)16)5-20-13(14(17,18)19)11(8)12(7)21/h2,5,7,10,12,21H,1,3-4,6H2/t7-,12-/m1/s1. The summed E-state index contributed by atoms with van der Waals surface area (Å²) >= 11 is 0. The first-order chi connectivity index (χ1) is 10.3. The molecule has 22 heavy (non-hydrogen) atoms. The zero-order valence-electron chi connectivity index (χ0n) is 11.4. The molecule has 122 valence electrons. The van der Waals surface area contributed by atoms with E-state index >= 15 is 0 Å². The van der Waals surface area contributed by atoms with Gasteiger partial charge in [0.1, 0.15) is 12.4 Å². The quantitative estimate of drug-likeness (QED) is 0.666. The van der Waals surface area contributed by atoms with E-state index in [4.69, 9.17) is 4.74 Å². The number of aromatic nitrogens is 1. The molecule has 1 aromatic heterocycles. The van der Waals surface area contributed by atoms with Gasteiger partial charge in [-0.1, -0.05) is 6.08 Å². The Kier molecular flexibility index (Phi) is 4.69. The monoisotopic (exact) mass is 323 g/mol. The van der Waals surface area contributed by atoms with Gasteiger partial charge in [0.15, 0.2) is 5.69 Å². The number of halogens is 5. The number of pyridine rings is 1. The number of nitrogens with zero attached hydrogens (tertiary/aromatic N) is 1. The summed E-state index contributed by atoms with van der Waals surface area (Å²) in [7, 11) is 0. The molecule has 8 heteroatoms. The summed E-state index contributed by atoms with van der Waals surface area (Å²) < 4.78 is 68.4. The minimum Gasteiger partial charge on any atom is -0.486 e. The van der Waals surface area contributed by atoms with E-state index < -0.39 is 36.9 Å².